The Morgan fingerprint density at radius 1 is 1.00 bits per heavy atom. The van der Waals surface area contributed by atoms with Crippen molar-refractivity contribution in [2.24, 2.45) is 0 Å². The normalized spacial score (nSPS) is 11.1. The van der Waals surface area contributed by atoms with Gasteiger partial charge in [-0.15, -0.1) is 0 Å². The molecule has 170 valence electrons. The van der Waals surface area contributed by atoms with Crippen molar-refractivity contribution >= 4 is 27.7 Å². The molecule has 1 amide bonds. The number of nitrogens with zero attached hydrogens (tertiary/aromatic N) is 2. The predicted octanol–water partition coefficient (Wildman–Crippen LogP) is 4.42. The van der Waals surface area contributed by atoms with Crippen LogP contribution in [-0.2, 0) is 6.54 Å². The Labute approximate surface area is 196 Å². The average Bonchev–Trinajstić information content (AvgIpc) is 3.21. The van der Waals surface area contributed by atoms with Crippen LogP contribution >= 0.6 is 0 Å². The van der Waals surface area contributed by atoms with Gasteiger partial charge in [-0.25, -0.2) is 4.68 Å². The molecular formula is C27H24N4O3. The number of methoxy groups -OCH3 is 1. The fourth-order valence-electron chi connectivity index (χ4n) is 3.97. The van der Waals surface area contributed by atoms with Gasteiger partial charge in [-0.2, -0.15) is 0 Å². The van der Waals surface area contributed by atoms with Crippen LogP contribution in [0.4, 0.5) is 0 Å². The van der Waals surface area contributed by atoms with Crippen molar-refractivity contribution in [3.8, 4) is 11.4 Å². The zero-order chi connectivity index (χ0) is 23.8. The van der Waals surface area contributed by atoms with Gasteiger partial charge in [-0.1, -0.05) is 18.2 Å². The van der Waals surface area contributed by atoms with Crippen LogP contribution < -0.4 is 15.6 Å². The van der Waals surface area contributed by atoms with Crippen LogP contribution in [0, 0.1) is 13.8 Å². The van der Waals surface area contributed by atoms with E-state index in [1.165, 1.54) is 4.68 Å². The number of aryl methyl sites for hydroxylation is 2. The van der Waals surface area contributed by atoms with E-state index in [1.54, 1.807) is 31.5 Å². The number of carbonyl (C=O) groups excluding carboxylic acids is 1. The summed E-state index contributed by atoms with van der Waals surface area (Å²) in [6.45, 7) is 4.44. The minimum absolute atomic E-state index is 0.179. The Hall–Kier alpha value is -4.39. The molecule has 0 aliphatic heterocycles. The third-order valence-electron chi connectivity index (χ3n) is 6.15. The molecular weight excluding hydrogens is 428 g/mol. The van der Waals surface area contributed by atoms with E-state index in [0.717, 1.165) is 28.1 Å². The van der Waals surface area contributed by atoms with Crippen molar-refractivity contribution < 1.29 is 9.53 Å². The van der Waals surface area contributed by atoms with E-state index in [9.17, 15) is 9.59 Å². The maximum absolute atomic E-state index is 13.1. The zero-order valence-corrected chi connectivity index (χ0v) is 19.2. The summed E-state index contributed by atoms with van der Waals surface area (Å²) in [6.07, 6.45) is 1.58. The minimum atomic E-state index is -0.203. The maximum Gasteiger partial charge on any atom is 0.280 e. The Balaban J connectivity index is 1.49. The fourth-order valence-corrected chi connectivity index (χ4v) is 3.97. The number of ether oxygens (including phenoxy) is 1. The summed E-state index contributed by atoms with van der Waals surface area (Å²) in [6, 6.07) is 18.7. The highest BCUT2D eigenvalue weighted by Gasteiger charge is 2.14. The van der Waals surface area contributed by atoms with Crippen molar-refractivity contribution in [3.63, 3.8) is 0 Å². The number of hydrogen-bond donors (Lipinski definition) is 2. The lowest BCUT2D eigenvalue weighted by Crippen LogP contribution is -2.22. The molecule has 0 unspecified atom stereocenters. The van der Waals surface area contributed by atoms with Gasteiger partial charge >= 0.3 is 0 Å². The van der Waals surface area contributed by atoms with Crippen LogP contribution in [0.5, 0.6) is 5.75 Å². The Bertz CT molecular complexity index is 1600. The Morgan fingerprint density at radius 3 is 2.53 bits per heavy atom. The molecule has 5 rings (SSSR count). The van der Waals surface area contributed by atoms with Gasteiger partial charge in [0.25, 0.3) is 11.5 Å². The molecule has 2 heterocycles. The summed E-state index contributed by atoms with van der Waals surface area (Å²) in [5.41, 5.74) is 5.65. The topological polar surface area (TPSA) is 89.0 Å². The molecule has 0 aliphatic rings. The summed E-state index contributed by atoms with van der Waals surface area (Å²) in [5, 5.41) is 7.36. The number of carbonyl (C=O) groups is 1. The first-order valence-electron chi connectivity index (χ1n) is 11.0. The maximum atomic E-state index is 13.1. The molecule has 2 aromatic heterocycles. The standard InChI is InChI=1S/C27H24N4O3/c1-16-4-8-20(12-17(16)2)31-27(33)23-15-28-24-11-7-19(13-22(24)25(23)30-31)26(32)29-14-18-5-9-21(34-3)10-6-18/h4-13,15,30H,14H2,1-3H3,(H,29,32). The van der Waals surface area contributed by atoms with Crippen LogP contribution in [0.25, 0.3) is 27.5 Å². The highest BCUT2D eigenvalue weighted by atomic mass is 16.5. The second kappa shape index (κ2) is 8.51. The molecule has 2 N–H and O–H groups in total. The monoisotopic (exact) mass is 452 g/mol. The van der Waals surface area contributed by atoms with Gasteiger partial charge in [0.05, 0.1) is 29.2 Å². The van der Waals surface area contributed by atoms with Gasteiger partial charge in [-0.3, -0.25) is 19.7 Å². The van der Waals surface area contributed by atoms with Crippen LogP contribution in [0.15, 0.2) is 71.7 Å². The number of amides is 1. The Morgan fingerprint density at radius 2 is 1.79 bits per heavy atom. The Kier molecular flexibility index (Phi) is 5.37. The predicted molar refractivity (Wildman–Crippen MR) is 133 cm³/mol. The smallest absolute Gasteiger partial charge is 0.280 e. The van der Waals surface area contributed by atoms with Crippen molar-refractivity contribution in [2.75, 3.05) is 7.11 Å². The first-order chi connectivity index (χ1) is 16.4. The summed E-state index contributed by atoms with van der Waals surface area (Å²) in [7, 11) is 1.62. The van der Waals surface area contributed by atoms with Crippen molar-refractivity contribution in [1.29, 1.82) is 0 Å². The molecule has 0 atom stereocenters. The van der Waals surface area contributed by atoms with E-state index >= 15 is 0 Å². The highest BCUT2D eigenvalue weighted by molar-refractivity contribution is 6.06. The van der Waals surface area contributed by atoms with Crippen molar-refractivity contribution in [1.82, 2.24) is 20.1 Å². The lowest BCUT2D eigenvalue weighted by Gasteiger charge is -2.08. The second-order valence-corrected chi connectivity index (χ2v) is 8.33. The number of H-pyrrole nitrogens is 1. The molecule has 0 saturated carbocycles. The van der Waals surface area contributed by atoms with Gasteiger partial charge in [-0.05, 0) is 73.0 Å². The number of aromatic nitrogens is 3. The highest BCUT2D eigenvalue weighted by Crippen LogP contribution is 2.23. The van der Waals surface area contributed by atoms with Gasteiger partial charge in [0.15, 0.2) is 0 Å². The summed E-state index contributed by atoms with van der Waals surface area (Å²) >= 11 is 0. The molecule has 0 bridgehead atoms. The van der Waals surface area contributed by atoms with Crippen LogP contribution in [0.2, 0.25) is 0 Å². The van der Waals surface area contributed by atoms with E-state index in [1.807, 2.05) is 56.3 Å². The van der Waals surface area contributed by atoms with Gasteiger partial charge < -0.3 is 10.1 Å². The van der Waals surface area contributed by atoms with Gasteiger partial charge in [0.2, 0.25) is 0 Å². The lowest BCUT2D eigenvalue weighted by atomic mass is 10.1. The van der Waals surface area contributed by atoms with Gasteiger partial charge in [0, 0.05) is 23.7 Å². The summed E-state index contributed by atoms with van der Waals surface area (Å²) in [4.78, 5) is 30.4. The van der Waals surface area contributed by atoms with E-state index in [4.69, 9.17) is 4.74 Å². The molecule has 7 nitrogen and oxygen atoms in total. The van der Waals surface area contributed by atoms with E-state index in [0.29, 0.717) is 33.9 Å². The number of benzene rings is 3. The van der Waals surface area contributed by atoms with Gasteiger partial charge in [0.1, 0.15) is 5.75 Å². The molecule has 34 heavy (non-hydrogen) atoms. The lowest BCUT2D eigenvalue weighted by molar-refractivity contribution is 0.0951. The fraction of sp³-hybridized carbons (Fsp3) is 0.148. The quantitative estimate of drug-likeness (QED) is 0.413. The third-order valence-corrected chi connectivity index (χ3v) is 6.15. The molecule has 0 aliphatic carbocycles. The van der Waals surface area contributed by atoms with E-state index < -0.39 is 0 Å². The molecule has 0 saturated heterocycles. The van der Waals surface area contributed by atoms with E-state index in [2.05, 4.69) is 15.4 Å². The van der Waals surface area contributed by atoms with Crippen molar-refractivity contribution in [2.45, 2.75) is 20.4 Å². The number of hydrogen-bond acceptors (Lipinski definition) is 4. The van der Waals surface area contributed by atoms with Crippen LogP contribution in [-0.4, -0.2) is 27.8 Å². The number of fused-ring (bicyclic) bond motifs is 3. The third kappa shape index (κ3) is 3.81. The summed E-state index contributed by atoms with van der Waals surface area (Å²) in [5.74, 6) is 0.563. The first kappa shape index (κ1) is 21.5. The largest absolute Gasteiger partial charge is 0.497 e. The summed E-state index contributed by atoms with van der Waals surface area (Å²) < 4.78 is 6.69. The zero-order valence-electron chi connectivity index (χ0n) is 19.2. The molecule has 3 aromatic carbocycles. The minimum Gasteiger partial charge on any atom is -0.497 e. The SMILES string of the molecule is COc1ccc(CNC(=O)c2ccc3ncc4c(=O)n(-c5ccc(C)c(C)c5)[nH]c4c3c2)cc1. The number of nitrogens with one attached hydrogen (secondary N) is 2. The number of rotatable bonds is 5. The van der Waals surface area contributed by atoms with Crippen molar-refractivity contribution in [3.05, 3.63) is 99.5 Å². The molecule has 5 aromatic rings. The number of pyridine rings is 1. The second-order valence-electron chi connectivity index (χ2n) is 8.33. The van der Waals surface area contributed by atoms with Crippen LogP contribution in [0.1, 0.15) is 27.0 Å². The first-order valence-corrected chi connectivity index (χ1v) is 11.0. The molecule has 0 radical (unpaired) electrons. The molecule has 7 heteroatoms. The molecule has 0 fully saturated rings. The number of aromatic amines is 1. The van der Waals surface area contributed by atoms with Crippen LogP contribution in [0.3, 0.4) is 0 Å². The average molecular weight is 453 g/mol. The molecule has 0 spiro atoms. The van der Waals surface area contributed by atoms with E-state index in [-0.39, 0.29) is 11.5 Å².